The molecule has 1 N–H and O–H groups in total. The van der Waals surface area contributed by atoms with Crippen LogP contribution >= 0.6 is 15.9 Å². The van der Waals surface area contributed by atoms with E-state index in [0.717, 1.165) is 27.8 Å². The minimum atomic E-state index is -0.206. The number of aryl methyl sites for hydroxylation is 1. The summed E-state index contributed by atoms with van der Waals surface area (Å²) in [6.07, 6.45) is 1.82. The number of hydrogen-bond acceptors (Lipinski definition) is 2. The number of halogens is 2. The van der Waals surface area contributed by atoms with Gasteiger partial charge in [-0.05, 0) is 66.5 Å². The third kappa shape index (κ3) is 3.35. The van der Waals surface area contributed by atoms with Gasteiger partial charge in [0.25, 0.3) is 0 Å². The van der Waals surface area contributed by atoms with Crippen molar-refractivity contribution in [2.24, 2.45) is 0 Å². The van der Waals surface area contributed by atoms with Crippen LogP contribution in [-0.4, -0.2) is 16.3 Å². The fourth-order valence-corrected chi connectivity index (χ4v) is 3.06. The van der Waals surface area contributed by atoms with Crippen LogP contribution in [0.15, 0.2) is 28.9 Å². The Hall–Kier alpha value is -1.20. The molecule has 0 fully saturated rings. The number of hydrogen-bond donors (Lipinski definition) is 1. The first-order valence-electron chi connectivity index (χ1n) is 7.18. The molecule has 3 nitrogen and oxygen atoms in total. The number of benzene rings is 1. The molecule has 1 atom stereocenters. The lowest BCUT2D eigenvalue weighted by atomic mass is 9.98. The average molecular weight is 354 g/mol. The quantitative estimate of drug-likeness (QED) is 0.864. The molecule has 0 amide bonds. The molecule has 1 unspecified atom stereocenters. The summed E-state index contributed by atoms with van der Waals surface area (Å²) in [7, 11) is 0. The smallest absolute Gasteiger partial charge is 0.123 e. The minimum absolute atomic E-state index is 0.0186. The Balaban J connectivity index is 2.56. The van der Waals surface area contributed by atoms with Crippen LogP contribution in [0.3, 0.4) is 0 Å². The monoisotopic (exact) mass is 353 g/mol. The van der Waals surface area contributed by atoms with Crippen LogP contribution in [0.5, 0.6) is 0 Å². The summed E-state index contributed by atoms with van der Waals surface area (Å²) >= 11 is 3.59. The van der Waals surface area contributed by atoms with E-state index in [0.29, 0.717) is 0 Å². The highest BCUT2D eigenvalue weighted by atomic mass is 79.9. The van der Waals surface area contributed by atoms with Gasteiger partial charge >= 0.3 is 0 Å². The molecule has 1 heterocycles. The number of nitrogens with one attached hydrogen (secondary N) is 1. The summed E-state index contributed by atoms with van der Waals surface area (Å²) in [6.45, 7) is 9.02. The van der Waals surface area contributed by atoms with Gasteiger partial charge in [0, 0.05) is 6.04 Å². The molecule has 0 spiro atoms. The minimum Gasteiger partial charge on any atom is -0.305 e. The van der Waals surface area contributed by atoms with Crippen molar-refractivity contribution in [2.75, 3.05) is 6.54 Å². The predicted octanol–water partition coefficient (Wildman–Crippen LogP) is 4.37. The second-order valence-corrected chi connectivity index (χ2v) is 6.26. The van der Waals surface area contributed by atoms with E-state index in [4.69, 9.17) is 0 Å². The van der Waals surface area contributed by atoms with Gasteiger partial charge in [0.15, 0.2) is 0 Å². The van der Waals surface area contributed by atoms with Crippen molar-refractivity contribution in [3.63, 3.8) is 0 Å². The van der Waals surface area contributed by atoms with Crippen LogP contribution in [0.2, 0.25) is 0 Å². The fraction of sp³-hybridized carbons (Fsp3) is 0.438. The summed E-state index contributed by atoms with van der Waals surface area (Å²) in [5.74, 6) is -0.206. The van der Waals surface area contributed by atoms with Gasteiger partial charge in [-0.25, -0.2) is 4.39 Å². The van der Waals surface area contributed by atoms with E-state index in [1.807, 2.05) is 23.9 Å². The molecule has 2 aromatic rings. The van der Waals surface area contributed by atoms with E-state index in [-0.39, 0.29) is 17.9 Å². The zero-order chi connectivity index (χ0) is 15.6. The number of rotatable bonds is 5. The largest absolute Gasteiger partial charge is 0.305 e. The van der Waals surface area contributed by atoms with Crippen molar-refractivity contribution in [3.05, 3.63) is 51.5 Å². The third-order valence-electron chi connectivity index (χ3n) is 3.50. The standard InChI is InChI=1S/C16H21BrFN3/c1-5-19-15(13-7-6-12(18)8-11(13)4)16-14(17)9-20-21(16)10(2)3/h6-10,15,19H,5H2,1-4H3. The van der Waals surface area contributed by atoms with Gasteiger partial charge < -0.3 is 5.32 Å². The molecule has 5 heteroatoms. The molecule has 0 saturated heterocycles. The molecule has 0 aliphatic carbocycles. The maximum atomic E-state index is 13.4. The molecule has 0 saturated carbocycles. The van der Waals surface area contributed by atoms with Gasteiger partial charge in [0.2, 0.25) is 0 Å². The van der Waals surface area contributed by atoms with E-state index in [1.54, 1.807) is 6.07 Å². The van der Waals surface area contributed by atoms with E-state index in [2.05, 4.69) is 47.1 Å². The van der Waals surface area contributed by atoms with Gasteiger partial charge in [0.1, 0.15) is 5.82 Å². The summed E-state index contributed by atoms with van der Waals surface area (Å²) in [5.41, 5.74) is 3.08. The molecule has 114 valence electrons. The Morgan fingerprint density at radius 3 is 2.67 bits per heavy atom. The third-order valence-corrected chi connectivity index (χ3v) is 4.11. The molecule has 2 rings (SSSR count). The Morgan fingerprint density at radius 2 is 2.10 bits per heavy atom. The predicted molar refractivity (Wildman–Crippen MR) is 87.0 cm³/mol. The van der Waals surface area contributed by atoms with Crippen molar-refractivity contribution >= 4 is 15.9 Å². The van der Waals surface area contributed by atoms with Crippen LogP contribution < -0.4 is 5.32 Å². The maximum absolute atomic E-state index is 13.4. The maximum Gasteiger partial charge on any atom is 0.123 e. The van der Waals surface area contributed by atoms with Crippen molar-refractivity contribution in [1.82, 2.24) is 15.1 Å². The topological polar surface area (TPSA) is 29.9 Å². The van der Waals surface area contributed by atoms with Crippen molar-refractivity contribution < 1.29 is 4.39 Å². The number of aromatic nitrogens is 2. The highest BCUT2D eigenvalue weighted by molar-refractivity contribution is 9.10. The molecule has 21 heavy (non-hydrogen) atoms. The lowest BCUT2D eigenvalue weighted by Crippen LogP contribution is -2.26. The Morgan fingerprint density at radius 1 is 1.38 bits per heavy atom. The second kappa shape index (κ2) is 6.71. The van der Waals surface area contributed by atoms with Gasteiger partial charge in [-0.15, -0.1) is 0 Å². The van der Waals surface area contributed by atoms with Crippen LogP contribution in [0.25, 0.3) is 0 Å². The van der Waals surface area contributed by atoms with E-state index < -0.39 is 0 Å². The van der Waals surface area contributed by atoms with Crippen molar-refractivity contribution in [2.45, 2.75) is 39.8 Å². The van der Waals surface area contributed by atoms with Gasteiger partial charge in [-0.3, -0.25) is 4.68 Å². The molecule has 0 bridgehead atoms. The lowest BCUT2D eigenvalue weighted by molar-refractivity contribution is 0.474. The van der Waals surface area contributed by atoms with E-state index in [1.165, 1.54) is 6.07 Å². The average Bonchev–Trinajstić information content (AvgIpc) is 2.79. The first kappa shape index (κ1) is 16.2. The Bertz CT molecular complexity index is 622. The SMILES string of the molecule is CCNC(c1ccc(F)cc1C)c1c(Br)cnn1C(C)C. The summed E-state index contributed by atoms with van der Waals surface area (Å²) in [4.78, 5) is 0. The van der Waals surface area contributed by atoms with Gasteiger partial charge in [0.05, 0.1) is 22.4 Å². The highest BCUT2D eigenvalue weighted by Gasteiger charge is 2.23. The molecule has 0 radical (unpaired) electrons. The second-order valence-electron chi connectivity index (χ2n) is 5.41. The molecule has 0 aliphatic heterocycles. The van der Waals surface area contributed by atoms with Crippen molar-refractivity contribution in [1.29, 1.82) is 0 Å². The Labute approximate surface area is 133 Å². The fourth-order valence-electron chi connectivity index (χ4n) is 2.55. The lowest BCUT2D eigenvalue weighted by Gasteiger charge is -2.23. The van der Waals surface area contributed by atoms with E-state index in [9.17, 15) is 4.39 Å². The zero-order valence-corrected chi connectivity index (χ0v) is 14.4. The molecule has 1 aromatic carbocycles. The Kier molecular flexibility index (Phi) is 5.17. The molecular formula is C16H21BrFN3. The molecule has 1 aromatic heterocycles. The number of nitrogens with zero attached hydrogens (tertiary/aromatic N) is 2. The highest BCUT2D eigenvalue weighted by Crippen LogP contribution is 2.32. The summed E-state index contributed by atoms with van der Waals surface area (Å²) in [5, 5.41) is 7.93. The molecule has 0 aliphatic rings. The van der Waals surface area contributed by atoms with Crippen LogP contribution in [0.4, 0.5) is 4.39 Å². The summed E-state index contributed by atoms with van der Waals surface area (Å²) < 4.78 is 16.3. The van der Waals surface area contributed by atoms with Crippen LogP contribution in [-0.2, 0) is 0 Å². The molecular weight excluding hydrogens is 333 g/mol. The van der Waals surface area contributed by atoms with Crippen LogP contribution in [0, 0.1) is 12.7 Å². The first-order valence-corrected chi connectivity index (χ1v) is 7.97. The van der Waals surface area contributed by atoms with Gasteiger partial charge in [-0.2, -0.15) is 5.10 Å². The first-order chi connectivity index (χ1) is 9.95. The van der Waals surface area contributed by atoms with Gasteiger partial charge in [-0.1, -0.05) is 13.0 Å². The zero-order valence-electron chi connectivity index (χ0n) is 12.8. The summed E-state index contributed by atoms with van der Waals surface area (Å²) in [6, 6.07) is 5.17. The van der Waals surface area contributed by atoms with E-state index >= 15 is 0 Å². The van der Waals surface area contributed by atoms with Crippen molar-refractivity contribution in [3.8, 4) is 0 Å². The van der Waals surface area contributed by atoms with Crippen LogP contribution in [0.1, 0.15) is 49.7 Å². The normalized spacial score (nSPS) is 12.9.